The fourth-order valence-corrected chi connectivity index (χ4v) is 2.11. The van der Waals surface area contributed by atoms with Gasteiger partial charge in [-0.25, -0.2) is 0 Å². The lowest BCUT2D eigenvalue weighted by Crippen LogP contribution is -1.85. The summed E-state index contributed by atoms with van der Waals surface area (Å²) in [5, 5.41) is 21.1. The molecule has 15 heavy (non-hydrogen) atoms. The van der Waals surface area contributed by atoms with Crippen molar-refractivity contribution in [2.75, 3.05) is 7.11 Å². The second-order valence-corrected chi connectivity index (χ2v) is 3.97. The van der Waals surface area contributed by atoms with Crippen LogP contribution in [-0.4, -0.2) is 17.3 Å². The normalized spacial score (nSPS) is 10.2. The first-order valence-electron chi connectivity index (χ1n) is 4.36. The summed E-state index contributed by atoms with van der Waals surface area (Å²) in [4.78, 5) is 0.989. The lowest BCUT2D eigenvalue weighted by atomic mass is 10.1. The van der Waals surface area contributed by atoms with E-state index in [4.69, 9.17) is 4.74 Å². The molecule has 0 aliphatic rings. The Balaban J connectivity index is 2.53. The maximum atomic E-state index is 9.59. The molecule has 0 radical (unpaired) electrons. The van der Waals surface area contributed by atoms with Gasteiger partial charge in [-0.05, 0) is 29.1 Å². The monoisotopic (exact) mass is 222 g/mol. The number of rotatable bonds is 2. The van der Waals surface area contributed by atoms with E-state index < -0.39 is 0 Å². The molecule has 0 saturated carbocycles. The number of thiophene rings is 1. The van der Waals surface area contributed by atoms with Crippen LogP contribution in [0, 0.1) is 0 Å². The Kier molecular flexibility index (Phi) is 2.51. The molecule has 1 heterocycles. The molecule has 0 amide bonds. The van der Waals surface area contributed by atoms with Crippen molar-refractivity contribution in [3.05, 3.63) is 29.6 Å². The zero-order chi connectivity index (χ0) is 10.8. The van der Waals surface area contributed by atoms with Gasteiger partial charge in [0.25, 0.3) is 0 Å². The molecular formula is C11H10O3S. The Labute approximate surface area is 91.2 Å². The molecule has 0 fully saturated rings. The van der Waals surface area contributed by atoms with E-state index in [1.165, 1.54) is 7.11 Å². The fourth-order valence-electron chi connectivity index (χ4n) is 1.39. The maximum absolute atomic E-state index is 9.59. The summed E-state index contributed by atoms with van der Waals surface area (Å²) in [7, 11) is 1.40. The summed E-state index contributed by atoms with van der Waals surface area (Å²) >= 11 is 1.54. The first-order chi connectivity index (χ1) is 7.22. The number of hydrogen-bond donors (Lipinski definition) is 2. The third kappa shape index (κ3) is 1.76. The van der Waals surface area contributed by atoms with Crippen LogP contribution in [0.2, 0.25) is 0 Å². The molecule has 0 spiro atoms. The molecule has 0 aliphatic heterocycles. The summed E-state index contributed by atoms with van der Waals surface area (Å²) in [6, 6.07) is 6.98. The zero-order valence-electron chi connectivity index (χ0n) is 8.10. The van der Waals surface area contributed by atoms with Crippen LogP contribution in [0.5, 0.6) is 17.2 Å². The number of ether oxygens (including phenoxy) is 1. The topological polar surface area (TPSA) is 49.7 Å². The van der Waals surface area contributed by atoms with E-state index in [0.717, 1.165) is 10.4 Å². The smallest absolute Gasteiger partial charge is 0.202 e. The van der Waals surface area contributed by atoms with Gasteiger partial charge in [0, 0.05) is 4.88 Å². The highest BCUT2D eigenvalue weighted by atomic mass is 32.1. The van der Waals surface area contributed by atoms with Crippen LogP contribution < -0.4 is 4.74 Å². The second-order valence-electron chi connectivity index (χ2n) is 3.03. The van der Waals surface area contributed by atoms with Gasteiger partial charge in [-0.1, -0.05) is 6.07 Å². The SMILES string of the molecule is COc1c(O)cc(-c2cccs2)cc1O. The van der Waals surface area contributed by atoms with E-state index >= 15 is 0 Å². The number of phenolic OH excluding ortho intramolecular Hbond substituents is 2. The molecule has 1 aromatic carbocycles. The van der Waals surface area contributed by atoms with Crippen LogP contribution in [0.1, 0.15) is 0 Å². The number of methoxy groups -OCH3 is 1. The van der Waals surface area contributed by atoms with Crippen molar-refractivity contribution in [2.24, 2.45) is 0 Å². The van der Waals surface area contributed by atoms with Gasteiger partial charge >= 0.3 is 0 Å². The summed E-state index contributed by atoms with van der Waals surface area (Å²) in [6.07, 6.45) is 0. The van der Waals surface area contributed by atoms with E-state index in [1.54, 1.807) is 23.5 Å². The van der Waals surface area contributed by atoms with Gasteiger partial charge in [-0.2, -0.15) is 0 Å². The summed E-state index contributed by atoms with van der Waals surface area (Å²) in [5.74, 6) is -0.00268. The highest BCUT2D eigenvalue weighted by Gasteiger charge is 2.11. The average molecular weight is 222 g/mol. The van der Waals surface area contributed by atoms with Crippen molar-refractivity contribution in [3.63, 3.8) is 0 Å². The number of aromatic hydroxyl groups is 2. The molecule has 0 saturated heterocycles. The van der Waals surface area contributed by atoms with Crippen LogP contribution in [-0.2, 0) is 0 Å². The number of phenols is 2. The average Bonchev–Trinajstić information content (AvgIpc) is 2.69. The predicted octanol–water partition coefficient (Wildman–Crippen LogP) is 2.83. The van der Waals surface area contributed by atoms with Gasteiger partial charge in [0.05, 0.1) is 7.11 Å². The summed E-state index contributed by atoms with van der Waals surface area (Å²) in [6.45, 7) is 0. The van der Waals surface area contributed by atoms with Crippen molar-refractivity contribution in [2.45, 2.75) is 0 Å². The zero-order valence-corrected chi connectivity index (χ0v) is 8.91. The molecule has 2 aromatic rings. The van der Waals surface area contributed by atoms with Crippen LogP contribution in [0.15, 0.2) is 29.6 Å². The molecule has 0 aliphatic carbocycles. The van der Waals surface area contributed by atoms with E-state index in [9.17, 15) is 10.2 Å². The summed E-state index contributed by atoms with van der Waals surface area (Å²) in [5.41, 5.74) is 0.779. The Hall–Kier alpha value is -1.68. The Morgan fingerprint density at radius 3 is 2.33 bits per heavy atom. The number of benzene rings is 1. The van der Waals surface area contributed by atoms with Gasteiger partial charge in [0.2, 0.25) is 5.75 Å². The third-order valence-electron chi connectivity index (χ3n) is 2.06. The second kappa shape index (κ2) is 3.82. The van der Waals surface area contributed by atoms with Crippen molar-refractivity contribution < 1.29 is 14.9 Å². The molecule has 3 nitrogen and oxygen atoms in total. The highest BCUT2D eigenvalue weighted by Crippen LogP contribution is 2.40. The number of hydrogen-bond acceptors (Lipinski definition) is 4. The molecule has 0 bridgehead atoms. The van der Waals surface area contributed by atoms with Gasteiger partial charge in [-0.3, -0.25) is 0 Å². The highest BCUT2D eigenvalue weighted by molar-refractivity contribution is 7.13. The van der Waals surface area contributed by atoms with Crippen LogP contribution in [0.4, 0.5) is 0 Å². The molecular weight excluding hydrogens is 212 g/mol. The minimum absolute atomic E-state index is 0.0547. The van der Waals surface area contributed by atoms with E-state index in [2.05, 4.69) is 0 Å². The largest absolute Gasteiger partial charge is 0.504 e. The molecule has 78 valence electrons. The lowest BCUT2D eigenvalue weighted by Gasteiger charge is -2.07. The van der Waals surface area contributed by atoms with Gasteiger partial charge < -0.3 is 14.9 Å². The fraction of sp³-hybridized carbons (Fsp3) is 0.0909. The maximum Gasteiger partial charge on any atom is 0.202 e. The van der Waals surface area contributed by atoms with Crippen LogP contribution in [0.25, 0.3) is 10.4 Å². The quantitative estimate of drug-likeness (QED) is 0.821. The first-order valence-corrected chi connectivity index (χ1v) is 5.24. The summed E-state index contributed by atoms with van der Waals surface area (Å²) < 4.78 is 4.85. The third-order valence-corrected chi connectivity index (χ3v) is 2.98. The van der Waals surface area contributed by atoms with Gasteiger partial charge in [0.1, 0.15) is 0 Å². The molecule has 4 heteroatoms. The predicted molar refractivity (Wildman–Crippen MR) is 59.6 cm³/mol. The van der Waals surface area contributed by atoms with Crippen LogP contribution >= 0.6 is 11.3 Å². The van der Waals surface area contributed by atoms with Crippen molar-refractivity contribution in [3.8, 4) is 27.7 Å². The Morgan fingerprint density at radius 1 is 1.20 bits per heavy atom. The molecule has 2 rings (SSSR count). The van der Waals surface area contributed by atoms with Gasteiger partial charge in [-0.15, -0.1) is 11.3 Å². The molecule has 0 atom stereocenters. The standard InChI is InChI=1S/C11H10O3S/c1-14-11-8(12)5-7(6-9(11)13)10-3-2-4-15-10/h2-6,12-13H,1H3. The minimum atomic E-state index is -0.0547. The van der Waals surface area contributed by atoms with E-state index in [0.29, 0.717) is 0 Å². The molecule has 2 N–H and O–H groups in total. The van der Waals surface area contributed by atoms with E-state index in [-0.39, 0.29) is 17.2 Å². The minimum Gasteiger partial charge on any atom is -0.504 e. The van der Waals surface area contributed by atoms with Gasteiger partial charge in [0.15, 0.2) is 11.5 Å². The molecule has 0 unspecified atom stereocenters. The lowest BCUT2D eigenvalue weighted by molar-refractivity contribution is 0.345. The Morgan fingerprint density at radius 2 is 1.87 bits per heavy atom. The van der Waals surface area contributed by atoms with Crippen molar-refractivity contribution >= 4 is 11.3 Å². The first kappa shape index (κ1) is 9.86. The van der Waals surface area contributed by atoms with Crippen molar-refractivity contribution in [1.82, 2.24) is 0 Å². The molecule has 1 aromatic heterocycles. The Bertz CT molecular complexity index is 440. The van der Waals surface area contributed by atoms with E-state index in [1.807, 2.05) is 17.5 Å². The van der Waals surface area contributed by atoms with Crippen molar-refractivity contribution in [1.29, 1.82) is 0 Å². The van der Waals surface area contributed by atoms with Crippen LogP contribution in [0.3, 0.4) is 0 Å².